The Morgan fingerprint density at radius 1 is 1.16 bits per heavy atom. The molecule has 11 heteroatoms. The Morgan fingerprint density at radius 2 is 1.86 bits per heavy atom. The Kier molecular flexibility index (Phi) is 9.12. The number of carbonyl (C=O) groups is 1. The van der Waals surface area contributed by atoms with Gasteiger partial charge in [0, 0.05) is 17.4 Å². The molecular weight excluding hydrogens is 480 g/mol. The van der Waals surface area contributed by atoms with Crippen molar-refractivity contribution in [2.45, 2.75) is 63.0 Å². The Morgan fingerprint density at radius 3 is 2.54 bits per heavy atom. The van der Waals surface area contributed by atoms with Crippen molar-refractivity contribution in [1.82, 2.24) is 5.32 Å². The van der Waals surface area contributed by atoms with Crippen LogP contribution in [0.1, 0.15) is 31.3 Å². The third-order valence-corrected chi connectivity index (χ3v) is 6.10. The molecule has 2 saturated heterocycles. The number of nitrogens with zero attached hydrogens (tertiary/aromatic N) is 3. The minimum absolute atomic E-state index is 0.189. The first-order valence-electron chi connectivity index (χ1n) is 12.1. The van der Waals surface area contributed by atoms with Crippen molar-refractivity contribution in [2.75, 3.05) is 19.8 Å². The normalized spacial score (nSPS) is 28.8. The molecule has 37 heavy (non-hydrogen) atoms. The Hall–Kier alpha value is -3.02. The molecule has 0 radical (unpaired) electrons. The predicted molar refractivity (Wildman–Crippen MR) is 132 cm³/mol. The lowest BCUT2D eigenvalue weighted by molar-refractivity contribution is -0.352. The fourth-order valence-electron chi connectivity index (χ4n) is 4.34. The molecule has 2 aliphatic heterocycles. The zero-order valence-corrected chi connectivity index (χ0v) is 20.8. The lowest BCUT2D eigenvalue weighted by Crippen LogP contribution is -2.67. The second-order valence-electron chi connectivity index (χ2n) is 9.40. The number of hydrogen-bond donors (Lipinski definition) is 2. The first-order chi connectivity index (χ1) is 17.9. The van der Waals surface area contributed by atoms with E-state index in [4.69, 9.17) is 29.2 Å². The molecule has 198 valence electrons. The average molecular weight is 513 g/mol. The number of amides is 1. The van der Waals surface area contributed by atoms with Crippen molar-refractivity contribution >= 4 is 5.91 Å². The molecule has 7 atom stereocenters. The van der Waals surface area contributed by atoms with Crippen molar-refractivity contribution < 1.29 is 33.6 Å². The number of nitrogens with one attached hydrogen (secondary N) is 1. The maximum absolute atomic E-state index is 12.2. The fourth-order valence-corrected chi connectivity index (χ4v) is 4.34. The summed E-state index contributed by atoms with van der Waals surface area (Å²) in [5.74, 6) is -0.304. The number of ether oxygens (including phenoxy) is 5. The summed E-state index contributed by atoms with van der Waals surface area (Å²) in [4.78, 5) is 14.9. The van der Waals surface area contributed by atoms with Crippen LogP contribution in [0.4, 0.5) is 0 Å². The van der Waals surface area contributed by atoms with E-state index in [1.807, 2.05) is 60.7 Å². The molecule has 2 heterocycles. The van der Waals surface area contributed by atoms with Gasteiger partial charge < -0.3 is 34.1 Å². The third-order valence-electron chi connectivity index (χ3n) is 6.10. The van der Waals surface area contributed by atoms with Gasteiger partial charge in [-0.15, -0.1) is 0 Å². The SMILES string of the molecule is CC(=O)N[C@H]1[C@H](OC[C@](C)(O)CN=[N+]=[N-])O[C@@H]2COC(c3ccccc3)O[C@H]2[C@@H]1OCc1ccccc1. The molecule has 2 fully saturated rings. The van der Waals surface area contributed by atoms with Crippen LogP contribution in [0.25, 0.3) is 10.4 Å². The van der Waals surface area contributed by atoms with Gasteiger partial charge in [-0.1, -0.05) is 65.8 Å². The van der Waals surface area contributed by atoms with Gasteiger partial charge in [-0.25, -0.2) is 0 Å². The zero-order chi connectivity index (χ0) is 26.3. The van der Waals surface area contributed by atoms with Crippen LogP contribution >= 0.6 is 0 Å². The number of benzene rings is 2. The molecule has 2 aromatic carbocycles. The number of fused-ring (bicyclic) bond motifs is 1. The molecular formula is C26H32N4O7. The summed E-state index contributed by atoms with van der Waals surface area (Å²) in [6, 6.07) is 18.5. The summed E-state index contributed by atoms with van der Waals surface area (Å²) in [7, 11) is 0. The molecule has 0 bridgehead atoms. The molecule has 2 N–H and O–H groups in total. The third kappa shape index (κ3) is 7.27. The Balaban J connectivity index is 1.58. The molecule has 11 nitrogen and oxygen atoms in total. The Labute approximate surface area is 215 Å². The second-order valence-corrected chi connectivity index (χ2v) is 9.40. The van der Waals surface area contributed by atoms with E-state index in [-0.39, 0.29) is 32.3 Å². The van der Waals surface area contributed by atoms with Gasteiger partial charge in [-0.2, -0.15) is 0 Å². The lowest BCUT2D eigenvalue weighted by atomic mass is 9.95. The van der Waals surface area contributed by atoms with E-state index in [1.54, 1.807) is 0 Å². The van der Waals surface area contributed by atoms with Gasteiger partial charge in [0.25, 0.3) is 0 Å². The van der Waals surface area contributed by atoms with E-state index in [2.05, 4.69) is 15.3 Å². The number of hydrogen-bond acceptors (Lipinski definition) is 8. The van der Waals surface area contributed by atoms with Crippen LogP contribution in [0.15, 0.2) is 65.8 Å². The Bertz CT molecular complexity index is 1070. The van der Waals surface area contributed by atoms with Crippen LogP contribution in [-0.4, -0.2) is 67.0 Å². The van der Waals surface area contributed by atoms with Crippen molar-refractivity contribution in [1.29, 1.82) is 0 Å². The maximum atomic E-state index is 12.2. The standard InChI is InChI=1S/C26H32N4O7/c1-17(31)29-21-23(33-13-18-9-5-3-6-10-18)22-20(14-34-24(37-22)19-11-7-4-8-12-19)36-25(21)35-16-26(2,32)15-28-30-27/h3-12,20-25,32H,13-16H2,1-2H3,(H,29,31)/t20-,21-,22-,23-,24?,25-,26-/m1/s1. The number of azide groups is 1. The fraction of sp³-hybridized carbons (Fsp3) is 0.500. The van der Waals surface area contributed by atoms with Crippen LogP contribution in [0.2, 0.25) is 0 Å². The van der Waals surface area contributed by atoms with Crippen molar-refractivity contribution in [3.05, 3.63) is 82.2 Å². The van der Waals surface area contributed by atoms with Gasteiger partial charge in [-0.05, 0) is 18.0 Å². The second kappa shape index (κ2) is 12.5. The van der Waals surface area contributed by atoms with Gasteiger partial charge in [-0.3, -0.25) is 4.79 Å². The van der Waals surface area contributed by atoms with Crippen LogP contribution in [-0.2, 0) is 35.1 Å². The first kappa shape index (κ1) is 27.0. The van der Waals surface area contributed by atoms with Crippen molar-refractivity contribution in [2.24, 2.45) is 5.11 Å². The van der Waals surface area contributed by atoms with Crippen LogP contribution in [0.3, 0.4) is 0 Å². The average Bonchev–Trinajstić information content (AvgIpc) is 2.91. The minimum atomic E-state index is -1.44. The van der Waals surface area contributed by atoms with Gasteiger partial charge in [0.1, 0.15) is 24.4 Å². The summed E-state index contributed by atoms with van der Waals surface area (Å²) < 4.78 is 30.8. The summed E-state index contributed by atoms with van der Waals surface area (Å²) >= 11 is 0. The smallest absolute Gasteiger partial charge is 0.217 e. The van der Waals surface area contributed by atoms with Gasteiger partial charge >= 0.3 is 0 Å². The highest BCUT2D eigenvalue weighted by Gasteiger charge is 2.51. The summed E-state index contributed by atoms with van der Waals surface area (Å²) in [5, 5.41) is 16.9. The lowest BCUT2D eigenvalue weighted by Gasteiger charge is -2.49. The topological polar surface area (TPSA) is 144 Å². The van der Waals surface area contributed by atoms with Gasteiger partial charge in [0.15, 0.2) is 12.6 Å². The molecule has 0 aliphatic carbocycles. The molecule has 1 unspecified atom stereocenters. The molecule has 2 aliphatic rings. The minimum Gasteiger partial charge on any atom is -0.388 e. The first-order valence-corrected chi connectivity index (χ1v) is 12.1. The van der Waals surface area contributed by atoms with E-state index < -0.39 is 42.5 Å². The van der Waals surface area contributed by atoms with E-state index in [9.17, 15) is 9.90 Å². The highest BCUT2D eigenvalue weighted by Crippen LogP contribution is 2.36. The summed E-state index contributed by atoms with van der Waals surface area (Å²) in [6.45, 7) is 2.97. The van der Waals surface area contributed by atoms with E-state index >= 15 is 0 Å². The van der Waals surface area contributed by atoms with E-state index in [0.29, 0.717) is 0 Å². The van der Waals surface area contributed by atoms with Crippen LogP contribution < -0.4 is 5.32 Å². The van der Waals surface area contributed by atoms with Crippen LogP contribution in [0, 0.1) is 0 Å². The van der Waals surface area contributed by atoms with E-state index in [0.717, 1.165) is 11.1 Å². The predicted octanol–water partition coefficient (Wildman–Crippen LogP) is 2.99. The molecule has 0 aromatic heterocycles. The summed E-state index contributed by atoms with van der Waals surface area (Å²) in [6.07, 6.45) is -3.41. The molecule has 4 rings (SSSR count). The molecule has 0 saturated carbocycles. The van der Waals surface area contributed by atoms with Gasteiger partial charge in [0.05, 0.1) is 32.0 Å². The highest BCUT2D eigenvalue weighted by molar-refractivity contribution is 5.73. The number of aliphatic hydroxyl groups is 1. The largest absolute Gasteiger partial charge is 0.388 e. The maximum Gasteiger partial charge on any atom is 0.217 e. The number of rotatable bonds is 10. The van der Waals surface area contributed by atoms with Crippen LogP contribution in [0.5, 0.6) is 0 Å². The monoisotopic (exact) mass is 512 g/mol. The zero-order valence-electron chi connectivity index (χ0n) is 20.8. The number of carbonyl (C=O) groups excluding carboxylic acids is 1. The highest BCUT2D eigenvalue weighted by atomic mass is 16.8. The quantitative estimate of drug-likeness (QED) is 0.283. The van der Waals surface area contributed by atoms with Crippen molar-refractivity contribution in [3.8, 4) is 0 Å². The van der Waals surface area contributed by atoms with Crippen molar-refractivity contribution in [3.63, 3.8) is 0 Å². The van der Waals surface area contributed by atoms with E-state index in [1.165, 1.54) is 13.8 Å². The molecule has 2 aromatic rings. The molecule has 0 spiro atoms. The van der Waals surface area contributed by atoms with Gasteiger partial charge in [0.2, 0.25) is 5.91 Å². The summed E-state index contributed by atoms with van der Waals surface area (Å²) in [5.41, 5.74) is 8.96. The molecule has 1 amide bonds.